The molecule has 0 radical (unpaired) electrons. The third kappa shape index (κ3) is 6.41. The van der Waals surface area contributed by atoms with Gasteiger partial charge in [-0.05, 0) is 49.4 Å². The summed E-state index contributed by atoms with van der Waals surface area (Å²) in [5.74, 6) is 0.892. The van der Waals surface area contributed by atoms with Gasteiger partial charge in [0.05, 0.1) is 18.6 Å². The summed E-state index contributed by atoms with van der Waals surface area (Å²) in [7, 11) is -3.64. The average Bonchev–Trinajstić information content (AvgIpc) is 2.56. The standard InChI is InChI=1S/C20H34N2O4S/c1-8-18(20(23)21-19(14(3)4)15(5)6)22(27(7,24)25)16-10-12-17(13-11-16)26-9-2/h10-15,18-19H,8-9H2,1-7H3,(H,21,23). The van der Waals surface area contributed by atoms with Gasteiger partial charge in [-0.25, -0.2) is 8.42 Å². The van der Waals surface area contributed by atoms with Gasteiger partial charge in [-0.3, -0.25) is 9.10 Å². The van der Waals surface area contributed by atoms with E-state index in [-0.39, 0.29) is 23.8 Å². The highest BCUT2D eigenvalue weighted by molar-refractivity contribution is 7.92. The van der Waals surface area contributed by atoms with E-state index in [0.29, 0.717) is 24.5 Å². The van der Waals surface area contributed by atoms with Gasteiger partial charge >= 0.3 is 0 Å². The molecular formula is C20H34N2O4S. The van der Waals surface area contributed by atoms with Gasteiger partial charge in [0.25, 0.3) is 0 Å². The lowest BCUT2D eigenvalue weighted by Crippen LogP contribution is -2.53. The Labute approximate surface area is 164 Å². The molecule has 0 heterocycles. The molecule has 0 aromatic heterocycles. The number of hydrogen-bond acceptors (Lipinski definition) is 4. The van der Waals surface area contributed by atoms with Crippen LogP contribution in [0.3, 0.4) is 0 Å². The molecule has 1 aromatic carbocycles. The smallest absolute Gasteiger partial charge is 0.244 e. The van der Waals surface area contributed by atoms with Gasteiger partial charge in [0.2, 0.25) is 15.9 Å². The van der Waals surface area contributed by atoms with Crippen molar-refractivity contribution in [3.8, 4) is 5.75 Å². The zero-order valence-corrected chi connectivity index (χ0v) is 18.3. The SMILES string of the molecule is CCOc1ccc(N(C(CC)C(=O)NC(C(C)C)C(C)C)S(C)(=O)=O)cc1. The number of amides is 1. The van der Waals surface area contributed by atoms with Crippen LogP contribution in [0.5, 0.6) is 5.75 Å². The van der Waals surface area contributed by atoms with Crippen LogP contribution in [0.15, 0.2) is 24.3 Å². The number of rotatable bonds is 10. The Kier molecular flexibility index (Phi) is 8.59. The van der Waals surface area contributed by atoms with Crippen molar-refractivity contribution in [2.75, 3.05) is 17.2 Å². The topological polar surface area (TPSA) is 75.7 Å². The van der Waals surface area contributed by atoms with E-state index in [1.54, 1.807) is 24.3 Å². The molecular weight excluding hydrogens is 364 g/mol. The molecule has 1 rings (SSSR count). The maximum absolute atomic E-state index is 13.0. The summed E-state index contributed by atoms with van der Waals surface area (Å²) in [5.41, 5.74) is 0.452. The van der Waals surface area contributed by atoms with Gasteiger partial charge in [0.15, 0.2) is 0 Å². The van der Waals surface area contributed by atoms with E-state index in [4.69, 9.17) is 4.74 Å². The third-order valence-corrected chi connectivity index (χ3v) is 5.66. The molecule has 0 bridgehead atoms. The summed E-state index contributed by atoms with van der Waals surface area (Å²) in [6, 6.07) is 5.94. The Bertz CT molecular complexity index is 691. The molecule has 0 saturated heterocycles. The van der Waals surface area contributed by atoms with Crippen LogP contribution in [0.25, 0.3) is 0 Å². The molecule has 0 saturated carbocycles. The summed E-state index contributed by atoms with van der Waals surface area (Å²) in [5, 5.41) is 3.05. The monoisotopic (exact) mass is 398 g/mol. The third-order valence-electron chi connectivity index (χ3n) is 4.48. The fourth-order valence-electron chi connectivity index (χ4n) is 3.28. The van der Waals surface area contributed by atoms with E-state index in [0.717, 1.165) is 6.26 Å². The first-order chi connectivity index (χ1) is 12.5. The Hall–Kier alpha value is -1.76. The van der Waals surface area contributed by atoms with Gasteiger partial charge in [-0.15, -0.1) is 0 Å². The highest BCUT2D eigenvalue weighted by Gasteiger charge is 2.33. The van der Waals surface area contributed by atoms with Crippen LogP contribution >= 0.6 is 0 Å². The first-order valence-electron chi connectivity index (χ1n) is 9.55. The number of nitrogens with one attached hydrogen (secondary N) is 1. The van der Waals surface area contributed by atoms with Crippen molar-refractivity contribution in [1.29, 1.82) is 0 Å². The summed E-state index contributed by atoms with van der Waals surface area (Å²) >= 11 is 0. The molecule has 0 fully saturated rings. The van der Waals surface area contributed by atoms with Crippen molar-refractivity contribution in [1.82, 2.24) is 5.32 Å². The lowest BCUT2D eigenvalue weighted by atomic mass is 9.93. The predicted octanol–water partition coefficient (Wildman–Crippen LogP) is 3.43. The molecule has 1 N–H and O–H groups in total. The highest BCUT2D eigenvalue weighted by atomic mass is 32.2. The Morgan fingerprint density at radius 2 is 1.59 bits per heavy atom. The summed E-state index contributed by atoms with van der Waals surface area (Å²) < 4.78 is 31.7. The van der Waals surface area contributed by atoms with Crippen molar-refractivity contribution >= 4 is 21.6 Å². The average molecular weight is 399 g/mol. The second-order valence-electron chi connectivity index (χ2n) is 7.43. The Balaban J connectivity index is 3.21. The zero-order chi connectivity index (χ0) is 20.8. The first-order valence-corrected chi connectivity index (χ1v) is 11.4. The van der Waals surface area contributed by atoms with Crippen molar-refractivity contribution in [3.63, 3.8) is 0 Å². The molecule has 27 heavy (non-hydrogen) atoms. The zero-order valence-electron chi connectivity index (χ0n) is 17.5. The van der Waals surface area contributed by atoms with Crippen LogP contribution in [0, 0.1) is 11.8 Å². The van der Waals surface area contributed by atoms with Gasteiger partial charge in [-0.2, -0.15) is 0 Å². The van der Waals surface area contributed by atoms with Crippen molar-refractivity contribution in [2.45, 2.75) is 60.0 Å². The minimum atomic E-state index is -3.64. The number of hydrogen-bond donors (Lipinski definition) is 1. The highest BCUT2D eigenvalue weighted by Crippen LogP contribution is 2.25. The number of carbonyl (C=O) groups is 1. The molecule has 6 nitrogen and oxygen atoms in total. The second-order valence-corrected chi connectivity index (χ2v) is 9.29. The molecule has 1 atom stereocenters. The quantitative estimate of drug-likeness (QED) is 0.655. The first kappa shape index (κ1) is 23.3. The maximum Gasteiger partial charge on any atom is 0.244 e. The van der Waals surface area contributed by atoms with E-state index < -0.39 is 16.1 Å². The molecule has 0 aliphatic rings. The minimum absolute atomic E-state index is 0.0201. The van der Waals surface area contributed by atoms with E-state index in [1.807, 2.05) is 41.5 Å². The number of nitrogens with zero attached hydrogens (tertiary/aromatic N) is 1. The van der Waals surface area contributed by atoms with Gasteiger partial charge in [0, 0.05) is 6.04 Å². The minimum Gasteiger partial charge on any atom is -0.494 e. The fourth-order valence-corrected chi connectivity index (χ4v) is 4.49. The predicted molar refractivity (Wildman–Crippen MR) is 111 cm³/mol. The lowest BCUT2D eigenvalue weighted by molar-refractivity contribution is -0.123. The number of sulfonamides is 1. The largest absolute Gasteiger partial charge is 0.494 e. The normalized spacial score (nSPS) is 13.1. The van der Waals surface area contributed by atoms with E-state index in [2.05, 4.69) is 5.32 Å². The summed E-state index contributed by atoms with van der Waals surface area (Å²) in [4.78, 5) is 13.0. The van der Waals surface area contributed by atoms with Gasteiger partial charge < -0.3 is 10.1 Å². The van der Waals surface area contributed by atoms with E-state index >= 15 is 0 Å². The molecule has 0 aliphatic heterocycles. The van der Waals surface area contributed by atoms with Crippen LogP contribution in [0.2, 0.25) is 0 Å². The van der Waals surface area contributed by atoms with E-state index in [9.17, 15) is 13.2 Å². The fraction of sp³-hybridized carbons (Fsp3) is 0.650. The van der Waals surface area contributed by atoms with Crippen molar-refractivity contribution in [2.24, 2.45) is 11.8 Å². The number of benzene rings is 1. The van der Waals surface area contributed by atoms with Gasteiger partial charge in [-0.1, -0.05) is 34.6 Å². The Morgan fingerprint density at radius 1 is 1.07 bits per heavy atom. The number of anilines is 1. The summed E-state index contributed by atoms with van der Waals surface area (Å²) in [6.07, 6.45) is 1.50. The maximum atomic E-state index is 13.0. The summed E-state index contributed by atoms with van der Waals surface area (Å²) in [6.45, 7) is 12.4. The lowest BCUT2D eigenvalue weighted by Gasteiger charge is -2.33. The molecule has 0 spiro atoms. The Morgan fingerprint density at radius 3 is 1.96 bits per heavy atom. The van der Waals surface area contributed by atoms with Crippen LogP contribution in [-0.4, -0.2) is 39.3 Å². The number of ether oxygens (including phenoxy) is 1. The molecule has 1 amide bonds. The van der Waals surface area contributed by atoms with Crippen LogP contribution in [0.1, 0.15) is 48.0 Å². The van der Waals surface area contributed by atoms with E-state index in [1.165, 1.54) is 4.31 Å². The van der Waals surface area contributed by atoms with Crippen LogP contribution in [-0.2, 0) is 14.8 Å². The molecule has 1 aromatic rings. The molecule has 154 valence electrons. The second kappa shape index (κ2) is 9.97. The molecule has 1 unspecified atom stereocenters. The van der Waals surface area contributed by atoms with Crippen LogP contribution in [0.4, 0.5) is 5.69 Å². The van der Waals surface area contributed by atoms with Gasteiger partial charge in [0.1, 0.15) is 11.8 Å². The molecule has 0 aliphatic carbocycles. The van der Waals surface area contributed by atoms with Crippen LogP contribution < -0.4 is 14.4 Å². The van der Waals surface area contributed by atoms with Crippen molar-refractivity contribution in [3.05, 3.63) is 24.3 Å². The number of carbonyl (C=O) groups excluding carboxylic acids is 1. The van der Waals surface area contributed by atoms with Crippen molar-refractivity contribution < 1.29 is 17.9 Å². The molecule has 7 heteroatoms.